The molecule has 0 fully saturated rings. The lowest BCUT2D eigenvalue weighted by molar-refractivity contribution is 0.0544. The van der Waals surface area contributed by atoms with Gasteiger partial charge >= 0.3 is 0 Å². The summed E-state index contributed by atoms with van der Waals surface area (Å²) in [6.45, 7) is 7.30. The van der Waals surface area contributed by atoms with Crippen molar-refractivity contribution in [1.29, 1.82) is 0 Å². The zero-order chi connectivity index (χ0) is 14.8. The van der Waals surface area contributed by atoms with E-state index in [0.717, 1.165) is 22.9 Å². The molecular weight excluding hydrogens is 278 g/mol. The first kappa shape index (κ1) is 17.2. The summed E-state index contributed by atoms with van der Waals surface area (Å²) in [7, 11) is 1.65. The molecule has 0 amide bonds. The number of halogens is 1. The van der Waals surface area contributed by atoms with E-state index in [4.69, 9.17) is 25.8 Å². The SMILES string of the molecule is CCNC(C)c1ccc(OCCOCCOC)cc1Cl. The van der Waals surface area contributed by atoms with Gasteiger partial charge in [-0.15, -0.1) is 0 Å². The fourth-order valence-corrected chi connectivity index (χ4v) is 2.16. The van der Waals surface area contributed by atoms with Crippen molar-refractivity contribution in [3.05, 3.63) is 28.8 Å². The number of benzene rings is 1. The molecule has 1 aromatic rings. The van der Waals surface area contributed by atoms with E-state index in [1.807, 2.05) is 18.2 Å². The minimum absolute atomic E-state index is 0.235. The summed E-state index contributed by atoms with van der Waals surface area (Å²) in [5, 5.41) is 4.06. The molecule has 0 saturated carbocycles. The van der Waals surface area contributed by atoms with Crippen molar-refractivity contribution in [3.8, 4) is 5.75 Å². The molecule has 0 heterocycles. The Morgan fingerprint density at radius 2 is 1.95 bits per heavy atom. The molecule has 0 saturated heterocycles. The normalized spacial score (nSPS) is 12.4. The van der Waals surface area contributed by atoms with Crippen molar-refractivity contribution in [3.63, 3.8) is 0 Å². The summed E-state index contributed by atoms with van der Waals surface area (Å²) in [5.41, 5.74) is 1.08. The Labute approximate surface area is 126 Å². The largest absolute Gasteiger partial charge is 0.491 e. The van der Waals surface area contributed by atoms with E-state index in [1.165, 1.54) is 0 Å². The Kier molecular flexibility index (Phi) is 8.62. The van der Waals surface area contributed by atoms with E-state index in [9.17, 15) is 0 Å². The third-order valence-corrected chi connectivity index (χ3v) is 3.20. The van der Waals surface area contributed by atoms with Crippen LogP contribution < -0.4 is 10.1 Å². The van der Waals surface area contributed by atoms with Crippen LogP contribution in [0.25, 0.3) is 0 Å². The maximum absolute atomic E-state index is 6.27. The lowest BCUT2D eigenvalue weighted by atomic mass is 10.1. The summed E-state index contributed by atoms with van der Waals surface area (Å²) in [5.74, 6) is 0.762. The third-order valence-electron chi connectivity index (χ3n) is 2.88. The first-order valence-electron chi connectivity index (χ1n) is 6.91. The molecule has 1 aromatic carbocycles. The number of nitrogens with one attached hydrogen (secondary N) is 1. The third kappa shape index (κ3) is 6.09. The topological polar surface area (TPSA) is 39.7 Å². The van der Waals surface area contributed by atoms with Crippen LogP contribution in [0, 0.1) is 0 Å². The summed E-state index contributed by atoms with van der Waals surface area (Å²) < 4.78 is 15.8. The molecule has 0 aliphatic rings. The van der Waals surface area contributed by atoms with Crippen LogP contribution in [0.4, 0.5) is 0 Å². The minimum atomic E-state index is 0.235. The van der Waals surface area contributed by atoms with Gasteiger partial charge in [0, 0.05) is 18.2 Å². The second-order valence-electron chi connectivity index (χ2n) is 4.42. The van der Waals surface area contributed by atoms with Crippen LogP contribution in [0.5, 0.6) is 5.75 Å². The van der Waals surface area contributed by atoms with Crippen LogP contribution in [0.2, 0.25) is 5.02 Å². The monoisotopic (exact) mass is 301 g/mol. The molecular formula is C15H24ClNO3. The van der Waals surface area contributed by atoms with Gasteiger partial charge in [-0.3, -0.25) is 0 Å². The van der Waals surface area contributed by atoms with E-state index in [-0.39, 0.29) is 6.04 Å². The van der Waals surface area contributed by atoms with E-state index in [2.05, 4.69) is 19.2 Å². The van der Waals surface area contributed by atoms with E-state index in [1.54, 1.807) is 7.11 Å². The molecule has 20 heavy (non-hydrogen) atoms. The Hall–Kier alpha value is -0.810. The average molecular weight is 302 g/mol. The number of hydrogen-bond acceptors (Lipinski definition) is 4. The van der Waals surface area contributed by atoms with Crippen molar-refractivity contribution >= 4 is 11.6 Å². The molecule has 1 atom stereocenters. The van der Waals surface area contributed by atoms with Crippen LogP contribution in [0.15, 0.2) is 18.2 Å². The van der Waals surface area contributed by atoms with Gasteiger partial charge in [0.15, 0.2) is 0 Å². The molecule has 1 N–H and O–H groups in total. The zero-order valence-electron chi connectivity index (χ0n) is 12.4. The van der Waals surface area contributed by atoms with Gasteiger partial charge in [0.25, 0.3) is 0 Å². The van der Waals surface area contributed by atoms with E-state index >= 15 is 0 Å². The van der Waals surface area contributed by atoms with Gasteiger partial charge in [-0.1, -0.05) is 24.6 Å². The highest BCUT2D eigenvalue weighted by Gasteiger charge is 2.09. The van der Waals surface area contributed by atoms with Gasteiger partial charge in [-0.05, 0) is 31.2 Å². The molecule has 0 spiro atoms. The molecule has 4 nitrogen and oxygen atoms in total. The summed E-state index contributed by atoms with van der Waals surface area (Å²) in [4.78, 5) is 0. The molecule has 5 heteroatoms. The minimum Gasteiger partial charge on any atom is -0.491 e. The van der Waals surface area contributed by atoms with Crippen molar-refractivity contribution in [2.75, 3.05) is 40.1 Å². The maximum Gasteiger partial charge on any atom is 0.120 e. The Balaban J connectivity index is 2.39. The summed E-state index contributed by atoms with van der Waals surface area (Å²) in [6.07, 6.45) is 0. The van der Waals surface area contributed by atoms with Crippen LogP contribution in [-0.4, -0.2) is 40.1 Å². The molecule has 114 valence electrons. The Bertz CT molecular complexity index is 387. The van der Waals surface area contributed by atoms with Crippen LogP contribution in [0.3, 0.4) is 0 Å². The molecule has 1 rings (SSSR count). The smallest absolute Gasteiger partial charge is 0.120 e. The predicted octanol–water partition coefficient (Wildman–Crippen LogP) is 3.05. The predicted molar refractivity (Wildman–Crippen MR) is 81.7 cm³/mol. The number of ether oxygens (including phenoxy) is 3. The lowest BCUT2D eigenvalue weighted by Gasteiger charge is -2.15. The fraction of sp³-hybridized carbons (Fsp3) is 0.600. The fourth-order valence-electron chi connectivity index (χ4n) is 1.83. The standard InChI is InChI=1S/C15H24ClNO3/c1-4-17-12(2)14-6-5-13(11-15(14)16)20-10-9-19-8-7-18-3/h5-6,11-12,17H,4,7-10H2,1-3H3. The van der Waals surface area contributed by atoms with Crippen molar-refractivity contribution in [1.82, 2.24) is 5.32 Å². The van der Waals surface area contributed by atoms with E-state index in [0.29, 0.717) is 26.4 Å². The van der Waals surface area contributed by atoms with Crippen molar-refractivity contribution in [2.45, 2.75) is 19.9 Å². The zero-order valence-corrected chi connectivity index (χ0v) is 13.2. The number of hydrogen-bond donors (Lipinski definition) is 1. The first-order valence-corrected chi connectivity index (χ1v) is 7.29. The van der Waals surface area contributed by atoms with Crippen molar-refractivity contribution in [2.24, 2.45) is 0 Å². The first-order chi connectivity index (χ1) is 9.69. The molecule has 0 aliphatic heterocycles. The molecule has 1 unspecified atom stereocenters. The summed E-state index contributed by atoms with van der Waals surface area (Å²) >= 11 is 6.27. The second kappa shape index (κ2) is 10.00. The number of methoxy groups -OCH3 is 1. The van der Waals surface area contributed by atoms with Gasteiger partial charge < -0.3 is 19.5 Å². The average Bonchev–Trinajstić information content (AvgIpc) is 2.43. The molecule has 0 bridgehead atoms. The van der Waals surface area contributed by atoms with Crippen LogP contribution in [0.1, 0.15) is 25.5 Å². The Morgan fingerprint density at radius 1 is 1.20 bits per heavy atom. The number of rotatable bonds is 10. The Morgan fingerprint density at radius 3 is 2.60 bits per heavy atom. The lowest BCUT2D eigenvalue weighted by Crippen LogP contribution is -2.18. The molecule has 0 aromatic heterocycles. The maximum atomic E-state index is 6.27. The highest BCUT2D eigenvalue weighted by Crippen LogP contribution is 2.27. The summed E-state index contributed by atoms with van der Waals surface area (Å²) in [6, 6.07) is 6.01. The second-order valence-corrected chi connectivity index (χ2v) is 4.82. The van der Waals surface area contributed by atoms with Gasteiger partial charge in [0.05, 0.1) is 19.8 Å². The van der Waals surface area contributed by atoms with Crippen molar-refractivity contribution < 1.29 is 14.2 Å². The van der Waals surface area contributed by atoms with Gasteiger partial charge in [-0.25, -0.2) is 0 Å². The van der Waals surface area contributed by atoms with Gasteiger partial charge in [-0.2, -0.15) is 0 Å². The van der Waals surface area contributed by atoms with Crippen LogP contribution >= 0.6 is 11.6 Å². The highest BCUT2D eigenvalue weighted by molar-refractivity contribution is 6.31. The van der Waals surface area contributed by atoms with Gasteiger partial charge in [0.2, 0.25) is 0 Å². The highest BCUT2D eigenvalue weighted by atomic mass is 35.5. The molecule has 0 radical (unpaired) electrons. The van der Waals surface area contributed by atoms with Gasteiger partial charge in [0.1, 0.15) is 12.4 Å². The quantitative estimate of drug-likeness (QED) is 0.674. The van der Waals surface area contributed by atoms with E-state index < -0.39 is 0 Å². The van der Waals surface area contributed by atoms with Crippen LogP contribution in [-0.2, 0) is 9.47 Å². The molecule has 0 aliphatic carbocycles.